The molecule has 2 aromatic carbocycles. The largest absolute Gasteiger partial charge is 0.347 e. The highest BCUT2D eigenvalue weighted by molar-refractivity contribution is 5.87. The molecule has 0 spiro atoms. The Kier molecular flexibility index (Phi) is 5.29. The second-order valence-electron chi connectivity index (χ2n) is 5.81. The molecule has 0 fully saturated rings. The normalized spacial score (nSPS) is 11.7. The van der Waals surface area contributed by atoms with E-state index >= 15 is 0 Å². The molecule has 0 amide bonds. The number of ether oxygens (including phenoxy) is 2. The van der Waals surface area contributed by atoms with E-state index in [1.54, 1.807) is 13.8 Å². The molecule has 4 nitrogen and oxygen atoms in total. The summed E-state index contributed by atoms with van der Waals surface area (Å²) in [4.78, 5) is 0. The summed E-state index contributed by atoms with van der Waals surface area (Å²) in [7, 11) is 0. The number of fused-ring (bicyclic) bond motifs is 1. The summed E-state index contributed by atoms with van der Waals surface area (Å²) in [5.41, 5.74) is 0.993. The van der Waals surface area contributed by atoms with Crippen LogP contribution >= 0.6 is 0 Å². The number of halogens is 3. The van der Waals surface area contributed by atoms with Gasteiger partial charge in [0.2, 0.25) is 6.29 Å². The van der Waals surface area contributed by atoms with Gasteiger partial charge in [-0.3, -0.25) is 5.10 Å². The fourth-order valence-electron chi connectivity index (χ4n) is 2.83. The number of aryl methyl sites for hydroxylation is 1. The van der Waals surface area contributed by atoms with Crippen molar-refractivity contribution in [3.05, 3.63) is 53.0 Å². The third kappa shape index (κ3) is 3.32. The highest BCUT2D eigenvalue weighted by atomic mass is 19.1. The molecule has 1 N–H and O–H groups in total. The first kappa shape index (κ1) is 18.4. The zero-order chi connectivity index (χ0) is 18.8. The Bertz CT molecular complexity index is 934. The van der Waals surface area contributed by atoms with Crippen LogP contribution < -0.4 is 0 Å². The van der Waals surface area contributed by atoms with Crippen LogP contribution in [0, 0.1) is 24.4 Å². The minimum absolute atomic E-state index is 0.0235. The third-order valence-corrected chi connectivity index (χ3v) is 4.07. The van der Waals surface area contributed by atoms with E-state index in [0.717, 1.165) is 18.2 Å². The Balaban J connectivity index is 2.12. The molecule has 0 atom stereocenters. The topological polar surface area (TPSA) is 47.1 Å². The van der Waals surface area contributed by atoms with Crippen LogP contribution in [-0.2, 0) is 9.47 Å². The lowest BCUT2D eigenvalue weighted by molar-refractivity contribution is -0.141. The van der Waals surface area contributed by atoms with Crippen molar-refractivity contribution in [2.45, 2.75) is 27.1 Å². The van der Waals surface area contributed by atoms with E-state index in [1.165, 1.54) is 13.0 Å². The number of hydrogen-bond donors (Lipinski definition) is 1. The monoisotopic (exact) mass is 364 g/mol. The van der Waals surface area contributed by atoms with Crippen LogP contribution in [0.25, 0.3) is 22.0 Å². The maximum absolute atomic E-state index is 14.8. The van der Waals surface area contributed by atoms with Crippen LogP contribution in [0.1, 0.15) is 31.4 Å². The predicted octanol–water partition coefficient (Wildman–Crippen LogP) is 5.03. The van der Waals surface area contributed by atoms with Crippen molar-refractivity contribution in [3.8, 4) is 11.1 Å². The van der Waals surface area contributed by atoms with E-state index < -0.39 is 23.7 Å². The quantitative estimate of drug-likeness (QED) is 0.624. The molecule has 0 bridgehead atoms. The molecule has 0 aliphatic carbocycles. The summed E-state index contributed by atoms with van der Waals surface area (Å²) >= 11 is 0. The molecular weight excluding hydrogens is 345 g/mol. The summed E-state index contributed by atoms with van der Waals surface area (Å²) in [5, 5.41) is 7.01. The molecular formula is C19H19F3N2O2. The lowest BCUT2D eigenvalue weighted by atomic mass is 10.0. The molecule has 7 heteroatoms. The molecule has 0 radical (unpaired) electrons. The van der Waals surface area contributed by atoms with Gasteiger partial charge >= 0.3 is 0 Å². The number of hydrogen-bond acceptors (Lipinski definition) is 3. The molecule has 0 saturated heterocycles. The predicted molar refractivity (Wildman–Crippen MR) is 92.1 cm³/mol. The highest BCUT2D eigenvalue weighted by Gasteiger charge is 2.22. The molecule has 0 unspecified atom stereocenters. The zero-order valence-corrected chi connectivity index (χ0v) is 14.7. The van der Waals surface area contributed by atoms with E-state index in [0.29, 0.717) is 18.9 Å². The molecule has 138 valence electrons. The van der Waals surface area contributed by atoms with Crippen molar-refractivity contribution in [2.75, 3.05) is 13.2 Å². The van der Waals surface area contributed by atoms with E-state index in [1.807, 2.05) is 0 Å². The van der Waals surface area contributed by atoms with Crippen LogP contribution in [0.15, 0.2) is 24.3 Å². The summed E-state index contributed by atoms with van der Waals surface area (Å²) < 4.78 is 53.8. The highest BCUT2D eigenvalue weighted by Crippen LogP contribution is 2.33. The Labute approximate surface area is 148 Å². The first-order valence-corrected chi connectivity index (χ1v) is 8.33. The van der Waals surface area contributed by atoms with E-state index in [-0.39, 0.29) is 27.6 Å². The van der Waals surface area contributed by atoms with Crippen LogP contribution in [0.3, 0.4) is 0 Å². The molecule has 0 aliphatic heterocycles. The maximum atomic E-state index is 14.8. The van der Waals surface area contributed by atoms with Crippen LogP contribution in [0.5, 0.6) is 0 Å². The smallest absolute Gasteiger partial charge is 0.201 e. The van der Waals surface area contributed by atoms with Crippen molar-refractivity contribution >= 4 is 10.9 Å². The second kappa shape index (κ2) is 7.47. The average Bonchev–Trinajstić information content (AvgIpc) is 3.02. The van der Waals surface area contributed by atoms with Gasteiger partial charge in [0.05, 0.1) is 10.9 Å². The minimum Gasteiger partial charge on any atom is -0.347 e. The number of benzene rings is 2. The average molecular weight is 364 g/mol. The van der Waals surface area contributed by atoms with Gasteiger partial charge in [-0.15, -0.1) is 0 Å². The lowest BCUT2D eigenvalue weighted by Crippen LogP contribution is -2.10. The van der Waals surface area contributed by atoms with Gasteiger partial charge < -0.3 is 9.47 Å². The van der Waals surface area contributed by atoms with E-state index in [2.05, 4.69) is 10.2 Å². The van der Waals surface area contributed by atoms with Gasteiger partial charge in [0.15, 0.2) is 0 Å². The van der Waals surface area contributed by atoms with Crippen molar-refractivity contribution in [1.82, 2.24) is 10.2 Å². The van der Waals surface area contributed by atoms with Crippen molar-refractivity contribution in [1.29, 1.82) is 0 Å². The van der Waals surface area contributed by atoms with Crippen molar-refractivity contribution < 1.29 is 22.6 Å². The van der Waals surface area contributed by atoms with Gasteiger partial charge in [0.25, 0.3) is 0 Å². The van der Waals surface area contributed by atoms with Crippen molar-refractivity contribution in [3.63, 3.8) is 0 Å². The SMILES string of the molecule is CCOC(OCC)c1[nH]nc2cc(-c3cc(F)c(C)cc3F)cc(F)c12. The lowest BCUT2D eigenvalue weighted by Gasteiger charge is -2.15. The van der Waals surface area contributed by atoms with Crippen LogP contribution in [0.2, 0.25) is 0 Å². The van der Waals surface area contributed by atoms with Gasteiger partial charge in [-0.25, -0.2) is 13.2 Å². The Morgan fingerprint density at radius 3 is 2.31 bits per heavy atom. The molecule has 26 heavy (non-hydrogen) atoms. The summed E-state index contributed by atoms with van der Waals surface area (Å²) in [6.45, 7) is 5.81. The number of nitrogens with one attached hydrogen (secondary N) is 1. The molecule has 0 saturated carbocycles. The van der Waals surface area contributed by atoms with Gasteiger partial charge in [-0.1, -0.05) is 0 Å². The van der Waals surface area contributed by atoms with Gasteiger partial charge in [0.1, 0.15) is 23.1 Å². The summed E-state index contributed by atoms with van der Waals surface area (Å²) in [6.07, 6.45) is -0.788. The van der Waals surface area contributed by atoms with E-state index in [9.17, 15) is 13.2 Å². The molecule has 3 aromatic rings. The fraction of sp³-hybridized carbons (Fsp3) is 0.316. The van der Waals surface area contributed by atoms with Gasteiger partial charge in [-0.05, 0) is 56.2 Å². The molecule has 1 heterocycles. The maximum Gasteiger partial charge on any atom is 0.201 e. The number of rotatable bonds is 6. The molecule has 3 rings (SSSR count). The zero-order valence-electron chi connectivity index (χ0n) is 14.7. The number of aromatic nitrogens is 2. The van der Waals surface area contributed by atoms with Crippen molar-refractivity contribution in [2.24, 2.45) is 0 Å². The van der Waals surface area contributed by atoms with Gasteiger partial charge in [0, 0.05) is 18.8 Å². The Hall–Kier alpha value is -2.38. The fourth-order valence-corrected chi connectivity index (χ4v) is 2.83. The Morgan fingerprint density at radius 2 is 1.65 bits per heavy atom. The number of H-pyrrole nitrogens is 1. The summed E-state index contributed by atoms with van der Waals surface area (Å²) in [5.74, 6) is -1.80. The number of nitrogens with zero attached hydrogens (tertiary/aromatic N) is 1. The first-order valence-electron chi connectivity index (χ1n) is 8.33. The van der Waals surface area contributed by atoms with Gasteiger partial charge in [-0.2, -0.15) is 5.10 Å². The summed E-state index contributed by atoms with van der Waals surface area (Å²) in [6, 6.07) is 4.80. The van der Waals surface area contributed by atoms with Crippen LogP contribution in [0.4, 0.5) is 13.2 Å². The molecule has 0 aliphatic rings. The Morgan fingerprint density at radius 1 is 0.962 bits per heavy atom. The van der Waals surface area contributed by atoms with E-state index in [4.69, 9.17) is 9.47 Å². The number of aromatic amines is 1. The molecule has 1 aromatic heterocycles. The minimum atomic E-state index is -0.788. The second-order valence-corrected chi connectivity index (χ2v) is 5.81. The van der Waals surface area contributed by atoms with Crippen LogP contribution in [-0.4, -0.2) is 23.4 Å². The third-order valence-electron chi connectivity index (χ3n) is 4.07. The first-order chi connectivity index (χ1) is 12.5. The standard InChI is InChI=1S/C19H19F3N2O2/c1-4-25-19(26-5-2)18-17-15(22)7-11(8-16(17)23-24-18)12-9-13(20)10(3)6-14(12)21/h6-9,19H,4-5H2,1-3H3,(H,23,24).